The molecular formula is C15H12F2N2. The maximum absolute atomic E-state index is 13.1. The number of hydrogen-bond acceptors (Lipinski definition) is 2. The zero-order chi connectivity index (χ0) is 13.8. The fourth-order valence-corrected chi connectivity index (χ4v) is 1.96. The van der Waals surface area contributed by atoms with Crippen molar-refractivity contribution in [2.45, 2.75) is 6.54 Å². The summed E-state index contributed by atoms with van der Waals surface area (Å²) in [6.07, 6.45) is 0. The van der Waals surface area contributed by atoms with Gasteiger partial charge in [-0.1, -0.05) is 12.1 Å². The van der Waals surface area contributed by atoms with Crippen LogP contribution in [-0.2, 0) is 6.54 Å². The predicted octanol–water partition coefficient (Wildman–Crippen LogP) is 3.47. The minimum absolute atomic E-state index is 0.327. The number of hydrogen-bond donors (Lipinski definition) is 0. The molecule has 0 fully saturated rings. The van der Waals surface area contributed by atoms with Gasteiger partial charge in [-0.2, -0.15) is 5.26 Å². The van der Waals surface area contributed by atoms with Gasteiger partial charge >= 0.3 is 0 Å². The summed E-state index contributed by atoms with van der Waals surface area (Å²) in [5.74, 6) is -1.20. The summed E-state index contributed by atoms with van der Waals surface area (Å²) in [5.41, 5.74) is 1.78. The quantitative estimate of drug-likeness (QED) is 0.842. The van der Waals surface area contributed by atoms with Crippen molar-refractivity contribution in [2.75, 3.05) is 11.9 Å². The van der Waals surface area contributed by atoms with Crippen molar-refractivity contribution in [1.82, 2.24) is 0 Å². The molecule has 0 radical (unpaired) electrons. The Balaban J connectivity index is 2.26. The molecule has 4 heteroatoms. The number of rotatable bonds is 3. The minimum Gasteiger partial charge on any atom is -0.369 e. The van der Waals surface area contributed by atoms with E-state index in [1.165, 1.54) is 12.1 Å². The van der Waals surface area contributed by atoms with Crippen LogP contribution in [0, 0.1) is 23.0 Å². The van der Waals surface area contributed by atoms with Gasteiger partial charge in [0.05, 0.1) is 11.3 Å². The molecule has 0 atom stereocenters. The Morgan fingerprint density at radius 3 is 2.37 bits per heavy atom. The van der Waals surface area contributed by atoms with Crippen LogP contribution in [0.15, 0.2) is 42.5 Å². The second kappa shape index (κ2) is 5.49. The molecule has 2 nitrogen and oxygen atoms in total. The first kappa shape index (κ1) is 13.0. The molecular weight excluding hydrogens is 246 g/mol. The highest BCUT2D eigenvalue weighted by molar-refractivity contribution is 5.58. The highest BCUT2D eigenvalue weighted by Gasteiger charge is 2.08. The lowest BCUT2D eigenvalue weighted by atomic mass is 10.1. The van der Waals surface area contributed by atoms with Crippen molar-refractivity contribution in [1.29, 1.82) is 5.26 Å². The van der Waals surface area contributed by atoms with Crippen LogP contribution in [0.4, 0.5) is 14.5 Å². The fourth-order valence-electron chi connectivity index (χ4n) is 1.96. The molecule has 0 aromatic heterocycles. The number of nitriles is 1. The molecule has 0 N–H and O–H groups in total. The molecule has 96 valence electrons. The molecule has 0 saturated heterocycles. The maximum Gasteiger partial charge on any atom is 0.126 e. The van der Waals surface area contributed by atoms with Crippen LogP contribution in [0.1, 0.15) is 11.1 Å². The van der Waals surface area contributed by atoms with E-state index in [1.807, 2.05) is 6.07 Å². The first-order valence-corrected chi connectivity index (χ1v) is 5.75. The van der Waals surface area contributed by atoms with E-state index in [-0.39, 0.29) is 0 Å². The van der Waals surface area contributed by atoms with Crippen molar-refractivity contribution in [3.63, 3.8) is 0 Å². The van der Waals surface area contributed by atoms with Gasteiger partial charge in [0.2, 0.25) is 0 Å². The molecule has 2 aromatic rings. The minimum atomic E-state index is -0.600. The number of benzene rings is 2. The van der Waals surface area contributed by atoms with E-state index in [9.17, 15) is 8.78 Å². The Bertz CT molecular complexity index is 612. The summed E-state index contributed by atoms with van der Waals surface area (Å²) >= 11 is 0. The van der Waals surface area contributed by atoms with Gasteiger partial charge < -0.3 is 4.90 Å². The summed E-state index contributed by atoms with van der Waals surface area (Å²) in [6.45, 7) is 0.327. The lowest BCUT2D eigenvalue weighted by Crippen LogP contribution is -2.17. The third-order valence-electron chi connectivity index (χ3n) is 2.78. The van der Waals surface area contributed by atoms with Crippen LogP contribution in [0.25, 0.3) is 0 Å². The summed E-state index contributed by atoms with van der Waals surface area (Å²) in [5, 5.41) is 9.02. The Morgan fingerprint density at radius 2 is 1.74 bits per heavy atom. The second-order valence-electron chi connectivity index (χ2n) is 4.26. The second-order valence-corrected chi connectivity index (χ2v) is 4.26. The molecule has 0 unspecified atom stereocenters. The molecule has 0 heterocycles. The zero-order valence-electron chi connectivity index (χ0n) is 10.4. The van der Waals surface area contributed by atoms with Crippen molar-refractivity contribution in [2.24, 2.45) is 0 Å². The summed E-state index contributed by atoms with van der Waals surface area (Å²) in [4.78, 5) is 1.78. The smallest absolute Gasteiger partial charge is 0.126 e. The van der Waals surface area contributed by atoms with Crippen LogP contribution in [0.2, 0.25) is 0 Å². The van der Waals surface area contributed by atoms with Crippen LogP contribution in [0.5, 0.6) is 0 Å². The summed E-state index contributed by atoms with van der Waals surface area (Å²) in [7, 11) is 1.78. The molecule has 0 aliphatic rings. The van der Waals surface area contributed by atoms with Gasteiger partial charge in [-0.05, 0) is 29.8 Å². The van der Waals surface area contributed by atoms with Crippen molar-refractivity contribution in [3.05, 3.63) is 65.2 Å². The van der Waals surface area contributed by atoms with Crippen LogP contribution < -0.4 is 4.90 Å². The van der Waals surface area contributed by atoms with Crippen molar-refractivity contribution in [3.8, 4) is 6.07 Å². The lowest BCUT2D eigenvalue weighted by Gasteiger charge is -2.20. The largest absolute Gasteiger partial charge is 0.369 e. The van der Waals surface area contributed by atoms with Crippen LogP contribution >= 0.6 is 0 Å². The van der Waals surface area contributed by atoms with E-state index < -0.39 is 11.6 Å². The van der Waals surface area contributed by atoms with E-state index in [1.54, 1.807) is 30.1 Å². The first-order valence-electron chi connectivity index (χ1n) is 5.75. The molecule has 2 aromatic carbocycles. The third-order valence-corrected chi connectivity index (χ3v) is 2.78. The summed E-state index contributed by atoms with van der Waals surface area (Å²) in [6, 6.07) is 12.6. The molecule has 2 rings (SSSR count). The van der Waals surface area contributed by atoms with E-state index in [0.717, 1.165) is 11.8 Å². The Morgan fingerprint density at radius 1 is 1.11 bits per heavy atom. The third kappa shape index (κ3) is 3.08. The topological polar surface area (TPSA) is 27.0 Å². The molecule has 0 saturated carbocycles. The lowest BCUT2D eigenvalue weighted by molar-refractivity contribution is 0.579. The number of halogens is 2. The normalized spacial score (nSPS) is 10.0. The SMILES string of the molecule is CN(Cc1cc(F)cc(F)c1)c1ccccc1C#N. The number of para-hydroxylation sites is 1. The Kier molecular flexibility index (Phi) is 3.76. The van der Waals surface area contributed by atoms with Gasteiger partial charge in [0.1, 0.15) is 17.7 Å². The Labute approximate surface area is 110 Å². The highest BCUT2D eigenvalue weighted by Crippen LogP contribution is 2.20. The molecule has 19 heavy (non-hydrogen) atoms. The monoisotopic (exact) mass is 258 g/mol. The van der Waals surface area contributed by atoms with Gasteiger partial charge in [-0.3, -0.25) is 0 Å². The average molecular weight is 258 g/mol. The van der Waals surface area contributed by atoms with Gasteiger partial charge in [-0.15, -0.1) is 0 Å². The summed E-state index contributed by atoms with van der Waals surface area (Å²) < 4.78 is 26.2. The van der Waals surface area contributed by atoms with Gasteiger partial charge in [0.25, 0.3) is 0 Å². The molecule has 0 aliphatic heterocycles. The fraction of sp³-hybridized carbons (Fsp3) is 0.133. The van der Waals surface area contributed by atoms with E-state index in [0.29, 0.717) is 17.7 Å². The number of nitrogens with zero attached hydrogens (tertiary/aromatic N) is 2. The first-order chi connectivity index (χ1) is 9.10. The van der Waals surface area contributed by atoms with Gasteiger partial charge in [0.15, 0.2) is 0 Å². The highest BCUT2D eigenvalue weighted by atomic mass is 19.1. The van der Waals surface area contributed by atoms with Crippen molar-refractivity contribution >= 4 is 5.69 Å². The van der Waals surface area contributed by atoms with E-state index in [4.69, 9.17) is 5.26 Å². The van der Waals surface area contributed by atoms with E-state index in [2.05, 4.69) is 6.07 Å². The van der Waals surface area contributed by atoms with Crippen LogP contribution in [-0.4, -0.2) is 7.05 Å². The molecule has 0 amide bonds. The zero-order valence-corrected chi connectivity index (χ0v) is 10.4. The van der Waals surface area contributed by atoms with Gasteiger partial charge in [0, 0.05) is 19.7 Å². The Hall–Kier alpha value is -2.41. The molecule has 0 bridgehead atoms. The van der Waals surface area contributed by atoms with Gasteiger partial charge in [-0.25, -0.2) is 8.78 Å². The number of anilines is 1. The predicted molar refractivity (Wildman–Crippen MR) is 69.6 cm³/mol. The standard InChI is InChI=1S/C15H12F2N2/c1-19(15-5-3-2-4-12(15)9-18)10-11-6-13(16)8-14(17)7-11/h2-8H,10H2,1H3. The van der Waals surface area contributed by atoms with Crippen LogP contribution in [0.3, 0.4) is 0 Å². The average Bonchev–Trinajstić information content (AvgIpc) is 2.37. The van der Waals surface area contributed by atoms with Crippen molar-refractivity contribution < 1.29 is 8.78 Å². The van der Waals surface area contributed by atoms with E-state index >= 15 is 0 Å². The maximum atomic E-state index is 13.1. The molecule has 0 spiro atoms. The molecule has 0 aliphatic carbocycles.